The second-order valence-corrected chi connectivity index (χ2v) is 5.41. The maximum Gasteiger partial charge on any atom is 0.133 e. The largest absolute Gasteiger partial charge is 0.496 e. The minimum absolute atomic E-state index is 0.732. The van der Waals surface area contributed by atoms with Gasteiger partial charge in [0.25, 0.3) is 0 Å². The van der Waals surface area contributed by atoms with Crippen LogP contribution in [-0.4, -0.2) is 25.4 Å². The lowest BCUT2D eigenvalue weighted by atomic mass is 10.1. The van der Waals surface area contributed by atoms with Crippen molar-refractivity contribution in [3.8, 4) is 11.5 Å². The molecule has 0 spiro atoms. The number of aromatic amines is 1. The summed E-state index contributed by atoms with van der Waals surface area (Å²) < 4.78 is 11.1. The van der Waals surface area contributed by atoms with Gasteiger partial charge in [-0.05, 0) is 31.5 Å². The van der Waals surface area contributed by atoms with Crippen LogP contribution in [0.15, 0.2) is 41.4 Å². The molecule has 0 aliphatic rings. The van der Waals surface area contributed by atoms with E-state index in [2.05, 4.69) is 23.8 Å². The Hall–Kier alpha value is -2.75. The summed E-state index contributed by atoms with van der Waals surface area (Å²) in [6, 6.07) is 11.8. The molecule has 4 heteroatoms. The topological polar surface area (TPSA) is 46.6 Å². The van der Waals surface area contributed by atoms with Crippen molar-refractivity contribution in [1.29, 1.82) is 0 Å². The van der Waals surface area contributed by atoms with Gasteiger partial charge in [0, 0.05) is 23.4 Å². The summed E-state index contributed by atoms with van der Waals surface area (Å²) in [5, 5.41) is 1.07. The SMILES string of the molecule is COc1cc(OC)c2c(C)c(C)[nH]c2c1C=Nc1ccccc1. The first-order valence-electron chi connectivity index (χ1n) is 7.48. The van der Waals surface area contributed by atoms with Crippen molar-refractivity contribution in [1.82, 2.24) is 4.98 Å². The number of benzene rings is 2. The molecular weight excluding hydrogens is 288 g/mol. The second kappa shape index (κ2) is 6.16. The van der Waals surface area contributed by atoms with E-state index in [9.17, 15) is 0 Å². The highest BCUT2D eigenvalue weighted by Gasteiger charge is 2.17. The first kappa shape index (κ1) is 15.2. The van der Waals surface area contributed by atoms with Crippen LogP contribution < -0.4 is 9.47 Å². The number of fused-ring (bicyclic) bond motifs is 1. The third-order valence-corrected chi connectivity index (χ3v) is 4.08. The van der Waals surface area contributed by atoms with Crippen LogP contribution in [0.5, 0.6) is 11.5 Å². The molecule has 0 unspecified atom stereocenters. The molecule has 4 nitrogen and oxygen atoms in total. The number of aliphatic imine (C=N–C) groups is 1. The van der Waals surface area contributed by atoms with Gasteiger partial charge in [0.05, 0.1) is 31.0 Å². The number of hydrogen-bond donors (Lipinski definition) is 1. The number of rotatable bonds is 4. The van der Waals surface area contributed by atoms with Gasteiger partial charge in [-0.25, -0.2) is 0 Å². The van der Waals surface area contributed by atoms with Crippen molar-refractivity contribution < 1.29 is 9.47 Å². The summed E-state index contributed by atoms with van der Waals surface area (Å²) in [6.07, 6.45) is 1.84. The van der Waals surface area contributed by atoms with Crippen LogP contribution in [0.4, 0.5) is 5.69 Å². The molecule has 0 aliphatic heterocycles. The van der Waals surface area contributed by atoms with Crippen molar-refractivity contribution in [2.75, 3.05) is 14.2 Å². The lowest BCUT2D eigenvalue weighted by molar-refractivity contribution is 0.397. The van der Waals surface area contributed by atoms with Crippen LogP contribution >= 0.6 is 0 Å². The molecular formula is C19H20N2O2. The number of para-hydroxylation sites is 1. The van der Waals surface area contributed by atoms with E-state index in [0.29, 0.717) is 0 Å². The Morgan fingerprint density at radius 2 is 1.70 bits per heavy atom. The van der Waals surface area contributed by atoms with E-state index < -0.39 is 0 Å². The standard InChI is InChI=1S/C19H20N2O2/c1-12-13(2)21-19-15(11-20-14-8-6-5-7-9-14)16(22-3)10-17(23-4)18(12)19/h5-11,21H,1-4H3. The highest BCUT2D eigenvalue weighted by molar-refractivity contribution is 6.05. The molecule has 0 aliphatic carbocycles. The van der Waals surface area contributed by atoms with Gasteiger partial charge in [-0.3, -0.25) is 4.99 Å². The average molecular weight is 308 g/mol. The first-order chi connectivity index (χ1) is 11.2. The maximum atomic E-state index is 5.54. The number of nitrogens with zero attached hydrogens (tertiary/aromatic N) is 1. The number of methoxy groups -OCH3 is 2. The minimum atomic E-state index is 0.732. The van der Waals surface area contributed by atoms with Crippen LogP contribution in [-0.2, 0) is 0 Å². The Kier molecular flexibility index (Phi) is 4.06. The highest BCUT2D eigenvalue weighted by Crippen LogP contribution is 2.37. The Morgan fingerprint density at radius 3 is 2.35 bits per heavy atom. The van der Waals surface area contributed by atoms with E-state index in [4.69, 9.17) is 9.47 Å². The summed E-state index contributed by atoms with van der Waals surface area (Å²) >= 11 is 0. The van der Waals surface area contributed by atoms with Gasteiger partial charge >= 0.3 is 0 Å². The molecule has 118 valence electrons. The third kappa shape index (κ3) is 2.68. The Morgan fingerprint density at radius 1 is 1.00 bits per heavy atom. The Balaban J connectivity index is 2.22. The fourth-order valence-electron chi connectivity index (χ4n) is 2.73. The predicted molar refractivity (Wildman–Crippen MR) is 94.6 cm³/mol. The van der Waals surface area contributed by atoms with E-state index >= 15 is 0 Å². The Labute approximate surface area is 135 Å². The van der Waals surface area contributed by atoms with Gasteiger partial charge in [-0.1, -0.05) is 18.2 Å². The normalized spacial score (nSPS) is 11.3. The molecule has 1 heterocycles. The minimum Gasteiger partial charge on any atom is -0.496 e. The molecule has 0 radical (unpaired) electrons. The zero-order valence-electron chi connectivity index (χ0n) is 13.8. The van der Waals surface area contributed by atoms with E-state index in [1.54, 1.807) is 14.2 Å². The summed E-state index contributed by atoms with van der Waals surface area (Å²) in [6.45, 7) is 4.14. The quantitative estimate of drug-likeness (QED) is 0.719. The fraction of sp³-hybridized carbons (Fsp3) is 0.211. The molecule has 0 bridgehead atoms. The number of aryl methyl sites for hydroxylation is 2. The van der Waals surface area contributed by atoms with E-state index in [1.165, 1.54) is 5.56 Å². The van der Waals surface area contributed by atoms with Crippen molar-refractivity contribution in [3.05, 3.63) is 53.2 Å². The van der Waals surface area contributed by atoms with Crippen LogP contribution in [0, 0.1) is 13.8 Å². The molecule has 3 aromatic rings. The molecule has 1 aromatic heterocycles. The van der Waals surface area contributed by atoms with E-state index in [-0.39, 0.29) is 0 Å². The summed E-state index contributed by atoms with van der Waals surface area (Å²) in [5.41, 5.74) is 5.09. The molecule has 0 saturated heterocycles. The summed E-state index contributed by atoms with van der Waals surface area (Å²) in [5.74, 6) is 1.53. The summed E-state index contributed by atoms with van der Waals surface area (Å²) in [4.78, 5) is 7.99. The number of ether oxygens (including phenoxy) is 2. The Bertz CT molecular complexity index is 864. The van der Waals surface area contributed by atoms with Crippen molar-refractivity contribution in [3.63, 3.8) is 0 Å². The highest BCUT2D eigenvalue weighted by atomic mass is 16.5. The monoisotopic (exact) mass is 308 g/mol. The van der Waals surface area contributed by atoms with Crippen LogP contribution in [0.2, 0.25) is 0 Å². The predicted octanol–water partition coefficient (Wildman–Crippen LogP) is 4.55. The molecule has 23 heavy (non-hydrogen) atoms. The average Bonchev–Trinajstić information content (AvgIpc) is 2.88. The number of aromatic nitrogens is 1. The number of nitrogens with one attached hydrogen (secondary N) is 1. The molecule has 2 aromatic carbocycles. The molecule has 0 fully saturated rings. The van der Waals surface area contributed by atoms with Crippen molar-refractivity contribution in [2.45, 2.75) is 13.8 Å². The lowest BCUT2D eigenvalue weighted by Crippen LogP contribution is -1.95. The smallest absolute Gasteiger partial charge is 0.133 e. The number of hydrogen-bond acceptors (Lipinski definition) is 3. The van der Waals surface area contributed by atoms with Crippen molar-refractivity contribution >= 4 is 22.8 Å². The second-order valence-electron chi connectivity index (χ2n) is 5.41. The molecule has 0 amide bonds. The molecule has 3 rings (SSSR count). The van der Waals surface area contributed by atoms with Crippen molar-refractivity contribution in [2.24, 2.45) is 4.99 Å². The zero-order valence-corrected chi connectivity index (χ0v) is 13.8. The van der Waals surface area contributed by atoms with Crippen LogP contribution in [0.3, 0.4) is 0 Å². The summed E-state index contributed by atoms with van der Waals surface area (Å²) in [7, 11) is 3.33. The van der Waals surface area contributed by atoms with Gasteiger partial charge in [-0.2, -0.15) is 0 Å². The fourth-order valence-corrected chi connectivity index (χ4v) is 2.73. The van der Waals surface area contributed by atoms with Gasteiger partial charge in [-0.15, -0.1) is 0 Å². The van der Waals surface area contributed by atoms with Gasteiger partial charge in [0.1, 0.15) is 11.5 Å². The molecule has 0 saturated carbocycles. The van der Waals surface area contributed by atoms with E-state index in [0.717, 1.165) is 39.3 Å². The maximum absolute atomic E-state index is 5.54. The molecule has 0 atom stereocenters. The lowest BCUT2D eigenvalue weighted by Gasteiger charge is -2.10. The van der Waals surface area contributed by atoms with E-state index in [1.807, 2.05) is 42.6 Å². The van der Waals surface area contributed by atoms with Crippen LogP contribution in [0.25, 0.3) is 10.9 Å². The third-order valence-electron chi connectivity index (χ3n) is 4.08. The number of H-pyrrole nitrogens is 1. The molecule has 1 N–H and O–H groups in total. The zero-order chi connectivity index (χ0) is 16.4. The first-order valence-corrected chi connectivity index (χ1v) is 7.48. The van der Waals surface area contributed by atoms with Crippen LogP contribution in [0.1, 0.15) is 16.8 Å². The van der Waals surface area contributed by atoms with Gasteiger partial charge < -0.3 is 14.5 Å². The van der Waals surface area contributed by atoms with Gasteiger partial charge in [0.2, 0.25) is 0 Å². The van der Waals surface area contributed by atoms with Gasteiger partial charge in [0.15, 0.2) is 0 Å².